The van der Waals surface area contributed by atoms with Gasteiger partial charge in [-0.15, -0.1) is 0 Å². The van der Waals surface area contributed by atoms with Gasteiger partial charge in [0.25, 0.3) is 5.91 Å². The van der Waals surface area contributed by atoms with Crippen LogP contribution in [0, 0.1) is 5.82 Å². The molecule has 0 unspecified atom stereocenters. The Bertz CT molecular complexity index is 387. The van der Waals surface area contributed by atoms with E-state index in [4.69, 9.17) is 0 Å². The molecule has 0 saturated carbocycles. The molecule has 2 N–H and O–H groups in total. The highest BCUT2D eigenvalue weighted by Crippen LogP contribution is 2.35. The van der Waals surface area contributed by atoms with Crippen LogP contribution in [0.3, 0.4) is 0 Å². The van der Waals surface area contributed by atoms with Crippen molar-refractivity contribution in [2.45, 2.75) is 12.5 Å². The average molecular weight is 181 g/mol. The van der Waals surface area contributed by atoms with E-state index in [9.17, 15) is 14.3 Å². The van der Waals surface area contributed by atoms with Crippen LogP contribution in [0.4, 0.5) is 10.1 Å². The summed E-state index contributed by atoms with van der Waals surface area (Å²) in [6.45, 7) is 1.34. The quantitative estimate of drug-likeness (QED) is 0.627. The number of hydrogen-bond acceptors (Lipinski definition) is 2. The predicted molar refractivity (Wildman–Crippen MR) is 44.6 cm³/mol. The first-order valence-corrected chi connectivity index (χ1v) is 3.85. The van der Waals surface area contributed by atoms with Gasteiger partial charge >= 0.3 is 0 Å². The van der Waals surface area contributed by atoms with Crippen LogP contribution < -0.4 is 5.32 Å². The molecule has 0 spiro atoms. The number of halogens is 1. The minimum absolute atomic E-state index is 0.289. The molecule has 0 radical (unpaired) electrons. The van der Waals surface area contributed by atoms with Gasteiger partial charge in [-0.1, -0.05) is 0 Å². The van der Waals surface area contributed by atoms with Gasteiger partial charge in [-0.05, 0) is 25.1 Å². The highest BCUT2D eigenvalue weighted by atomic mass is 19.1. The standard InChI is InChI=1S/C9H8FNO2/c1-9(13)6-4-5(10)2-3-7(6)11-8(9)12/h2-4,13H,1H3,(H,11,12)/t9-/m0/s1. The normalized spacial score (nSPS) is 25.6. The summed E-state index contributed by atoms with van der Waals surface area (Å²) in [5, 5.41) is 12.1. The Kier molecular flexibility index (Phi) is 1.44. The fraction of sp³-hybridized carbons (Fsp3) is 0.222. The number of rotatable bonds is 0. The number of fused-ring (bicyclic) bond motifs is 1. The van der Waals surface area contributed by atoms with Crippen molar-refractivity contribution in [3.8, 4) is 0 Å². The van der Waals surface area contributed by atoms with E-state index in [1.54, 1.807) is 0 Å². The predicted octanol–water partition coefficient (Wildman–Crippen LogP) is 0.985. The Morgan fingerprint density at radius 2 is 2.23 bits per heavy atom. The monoisotopic (exact) mass is 181 g/mol. The summed E-state index contributed by atoms with van der Waals surface area (Å²) in [6.07, 6.45) is 0. The first kappa shape index (κ1) is 8.19. The molecule has 1 amide bonds. The van der Waals surface area contributed by atoms with Crippen LogP contribution in [0.2, 0.25) is 0 Å². The third kappa shape index (κ3) is 1.02. The summed E-state index contributed by atoms with van der Waals surface area (Å²) < 4.78 is 12.8. The van der Waals surface area contributed by atoms with Crippen molar-refractivity contribution in [3.63, 3.8) is 0 Å². The molecule has 1 heterocycles. The molecule has 68 valence electrons. The Hall–Kier alpha value is -1.42. The van der Waals surface area contributed by atoms with E-state index in [-0.39, 0.29) is 5.56 Å². The minimum Gasteiger partial charge on any atom is -0.375 e. The molecule has 0 fully saturated rings. The fourth-order valence-corrected chi connectivity index (χ4v) is 1.39. The Morgan fingerprint density at radius 3 is 2.92 bits per heavy atom. The van der Waals surface area contributed by atoms with E-state index in [0.29, 0.717) is 5.69 Å². The number of aliphatic hydroxyl groups is 1. The van der Waals surface area contributed by atoms with E-state index in [1.165, 1.54) is 19.1 Å². The minimum atomic E-state index is -1.61. The van der Waals surface area contributed by atoms with Crippen molar-refractivity contribution in [2.75, 3.05) is 5.32 Å². The highest BCUT2D eigenvalue weighted by Gasteiger charge is 2.40. The zero-order valence-corrected chi connectivity index (χ0v) is 6.97. The second-order valence-electron chi connectivity index (χ2n) is 3.22. The summed E-state index contributed by atoms with van der Waals surface area (Å²) in [7, 11) is 0. The summed E-state index contributed by atoms with van der Waals surface area (Å²) in [5.74, 6) is -0.983. The molecule has 13 heavy (non-hydrogen) atoms. The van der Waals surface area contributed by atoms with Crippen molar-refractivity contribution < 1.29 is 14.3 Å². The van der Waals surface area contributed by atoms with E-state index in [2.05, 4.69) is 5.32 Å². The van der Waals surface area contributed by atoms with Crippen LogP contribution in [-0.2, 0) is 10.4 Å². The second kappa shape index (κ2) is 2.29. The molecule has 1 atom stereocenters. The molecule has 1 aromatic rings. The molecular weight excluding hydrogens is 173 g/mol. The summed E-state index contributed by atoms with van der Waals surface area (Å²) in [6, 6.07) is 3.83. The zero-order chi connectivity index (χ0) is 9.64. The topological polar surface area (TPSA) is 49.3 Å². The number of carbonyl (C=O) groups excluding carboxylic acids is 1. The lowest BCUT2D eigenvalue weighted by molar-refractivity contribution is -0.131. The lowest BCUT2D eigenvalue weighted by atomic mass is 9.98. The summed E-state index contributed by atoms with van der Waals surface area (Å²) >= 11 is 0. The van der Waals surface area contributed by atoms with E-state index in [0.717, 1.165) is 6.07 Å². The van der Waals surface area contributed by atoms with Crippen molar-refractivity contribution in [2.24, 2.45) is 0 Å². The van der Waals surface area contributed by atoms with Crippen molar-refractivity contribution in [3.05, 3.63) is 29.6 Å². The third-order valence-electron chi connectivity index (χ3n) is 2.20. The van der Waals surface area contributed by atoms with Gasteiger partial charge in [0.2, 0.25) is 0 Å². The van der Waals surface area contributed by atoms with Crippen LogP contribution in [0.15, 0.2) is 18.2 Å². The van der Waals surface area contributed by atoms with Gasteiger partial charge in [0, 0.05) is 11.3 Å². The maximum absolute atomic E-state index is 12.8. The largest absolute Gasteiger partial charge is 0.375 e. The Balaban J connectivity index is 2.64. The molecule has 2 rings (SSSR count). The third-order valence-corrected chi connectivity index (χ3v) is 2.20. The molecule has 1 aliphatic heterocycles. The lowest BCUT2D eigenvalue weighted by Crippen LogP contribution is -2.30. The molecule has 0 bridgehead atoms. The van der Waals surface area contributed by atoms with E-state index >= 15 is 0 Å². The Labute approximate surface area is 74.2 Å². The van der Waals surface area contributed by atoms with Crippen molar-refractivity contribution in [1.29, 1.82) is 0 Å². The lowest BCUT2D eigenvalue weighted by Gasteiger charge is -2.13. The smallest absolute Gasteiger partial charge is 0.260 e. The van der Waals surface area contributed by atoms with Gasteiger partial charge in [-0.25, -0.2) is 4.39 Å². The molecule has 4 heteroatoms. The second-order valence-corrected chi connectivity index (χ2v) is 3.22. The van der Waals surface area contributed by atoms with Crippen molar-refractivity contribution >= 4 is 11.6 Å². The first-order chi connectivity index (χ1) is 6.01. The van der Waals surface area contributed by atoms with Crippen LogP contribution >= 0.6 is 0 Å². The van der Waals surface area contributed by atoms with Gasteiger partial charge in [0.05, 0.1) is 0 Å². The van der Waals surface area contributed by atoms with E-state index in [1.807, 2.05) is 0 Å². The van der Waals surface area contributed by atoms with Crippen LogP contribution in [-0.4, -0.2) is 11.0 Å². The Morgan fingerprint density at radius 1 is 1.54 bits per heavy atom. The number of benzene rings is 1. The SMILES string of the molecule is C[C@@]1(O)C(=O)Nc2ccc(F)cc21. The van der Waals surface area contributed by atoms with Gasteiger partial charge in [-0.2, -0.15) is 0 Å². The molecule has 0 aromatic heterocycles. The molecule has 1 aromatic carbocycles. The molecule has 0 saturated heterocycles. The fourth-order valence-electron chi connectivity index (χ4n) is 1.39. The first-order valence-electron chi connectivity index (χ1n) is 3.85. The number of carbonyl (C=O) groups is 1. The maximum Gasteiger partial charge on any atom is 0.260 e. The number of hydrogen-bond donors (Lipinski definition) is 2. The molecule has 3 nitrogen and oxygen atoms in total. The average Bonchev–Trinajstić information content (AvgIpc) is 2.27. The molecule has 0 aliphatic carbocycles. The number of anilines is 1. The number of nitrogens with one attached hydrogen (secondary N) is 1. The summed E-state index contributed by atoms with van der Waals surface area (Å²) in [5.41, 5.74) is -0.855. The van der Waals surface area contributed by atoms with Gasteiger partial charge < -0.3 is 10.4 Å². The number of amides is 1. The molecule has 1 aliphatic rings. The van der Waals surface area contributed by atoms with Crippen LogP contribution in [0.5, 0.6) is 0 Å². The van der Waals surface area contributed by atoms with Crippen LogP contribution in [0.25, 0.3) is 0 Å². The van der Waals surface area contributed by atoms with Gasteiger partial charge in [0.15, 0.2) is 5.60 Å². The molecular formula is C9H8FNO2. The summed E-state index contributed by atoms with van der Waals surface area (Å²) in [4.78, 5) is 11.2. The van der Waals surface area contributed by atoms with Gasteiger partial charge in [0.1, 0.15) is 5.82 Å². The van der Waals surface area contributed by atoms with Gasteiger partial charge in [-0.3, -0.25) is 4.79 Å². The maximum atomic E-state index is 12.8. The van der Waals surface area contributed by atoms with E-state index < -0.39 is 17.3 Å². The van der Waals surface area contributed by atoms with Crippen molar-refractivity contribution in [1.82, 2.24) is 0 Å². The highest BCUT2D eigenvalue weighted by molar-refractivity contribution is 6.04. The zero-order valence-electron chi connectivity index (χ0n) is 6.97. The van der Waals surface area contributed by atoms with Crippen LogP contribution in [0.1, 0.15) is 12.5 Å².